The fraction of sp³-hybridized carbons (Fsp3) is 0.667. The second-order valence-corrected chi connectivity index (χ2v) is 5.61. The Labute approximate surface area is 99.9 Å². The van der Waals surface area contributed by atoms with Crippen LogP contribution in [-0.2, 0) is 0 Å². The quantitative estimate of drug-likeness (QED) is 0.452. The Kier molecular flexibility index (Phi) is 6.54. The van der Waals surface area contributed by atoms with Crippen LogP contribution in [0.15, 0.2) is 16.8 Å². The van der Waals surface area contributed by atoms with Gasteiger partial charge in [-0.1, -0.05) is 55.0 Å². The molecular weight excluding hydrogens is 256 g/mol. The van der Waals surface area contributed by atoms with Gasteiger partial charge in [-0.25, -0.2) is 0 Å². The van der Waals surface area contributed by atoms with Gasteiger partial charge < -0.3 is 0 Å². The highest BCUT2D eigenvalue weighted by Crippen LogP contribution is 2.29. The molecule has 0 bridgehead atoms. The second-order valence-electron chi connectivity index (χ2n) is 3.73. The number of halogens is 1. The van der Waals surface area contributed by atoms with Gasteiger partial charge in [-0.2, -0.15) is 11.3 Å². The van der Waals surface area contributed by atoms with E-state index >= 15 is 0 Å². The summed E-state index contributed by atoms with van der Waals surface area (Å²) in [6, 6.07) is 2.22. The Hall–Kier alpha value is 0.180. The lowest BCUT2D eigenvalue weighted by molar-refractivity contribution is 0.606. The van der Waals surface area contributed by atoms with Gasteiger partial charge in [0.05, 0.1) is 0 Å². The largest absolute Gasteiger partial charge is 0.152 e. The van der Waals surface area contributed by atoms with Crippen LogP contribution >= 0.6 is 27.3 Å². The zero-order valence-electron chi connectivity index (χ0n) is 8.84. The molecule has 14 heavy (non-hydrogen) atoms. The second kappa shape index (κ2) is 7.47. The predicted molar refractivity (Wildman–Crippen MR) is 69.4 cm³/mol. The number of thiophene rings is 1. The van der Waals surface area contributed by atoms with E-state index in [2.05, 4.69) is 39.7 Å². The highest BCUT2D eigenvalue weighted by atomic mass is 79.9. The fourth-order valence-electron chi connectivity index (χ4n) is 1.55. The summed E-state index contributed by atoms with van der Waals surface area (Å²) in [7, 11) is 0. The van der Waals surface area contributed by atoms with Crippen molar-refractivity contribution in [2.24, 2.45) is 0 Å². The lowest BCUT2D eigenvalue weighted by Gasteiger charge is -2.07. The van der Waals surface area contributed by atoms with E-state index in [1.54, 1.807) is 11.3 Å². The summed E-state index contributed by atoms with van der Waals surface area (Å²) < 4.78 is 0. The Morgan fingerprint density at radius 3 is 2.71 bits per heavy atom. The summed E-state index contributed by atoms with van der Waals surface area (Å²) in [5, 5.41) is 4.39. The molecule has 0 radical (unpaired) electrons. The molecule has 0 aliphatic rings. The van der Waals surface area contributed by atoms with Crippen molar-refractivity contribution in [3.05, 3.63) is 22.4 Å². The maximum Gasteiger partial charge on any atom is 0.0403 e. The van der Waals surface area contributed by atoms with E-state index in [0.717, 1.165) is 0 Å². The number of unbranched alkanes of at least 4 members (excludes halogenated alkanes) is 4. The molecule has 0 fully saturated rings. The molecule has 1 heterocycles. The van der Waals surface area contributed by atoms with Crippen LogP contribution in [0.3, 0.4) is 0 Å². The molecule has 0 aliphatic carbocycles. The Bertz CT molecular complexity index is 218. The summed E-state index contributed by atoms with van der Waals surface area (Å²) in [6.45, 7) is 2.26. The van der Waals surface area contributed by atoms with E-state index in [-0.39, 0.29) is 0 Å². The molecule has 1 rings (SSSR count). The lowest BCUT2D eigenvalue weighted by Crippen LogP contribution is -1.87. The number of hydrogen-bond donors (Lipinski definition) is 0. The zero-order valence-corrected chi connectivity index (χ0v) is 11.2. The van der Waals surface area contributed by atoms with Crippen LogP contribution in [0.4, 0.5) is 0 Å². The summed E-state index contributed by atoms with van der Waals surface area (Å²) in [6.07, 6.45) is 8.15. The van der Waals surface area contributed by atoms with Gasteiger partial charge in [0.1, 0.15) is 0 Å². The lowest BCUT2D eigenvalue weighted by atomic mass is 10.1. The molecule has 80 valence electrons. The van der Waals surface area contributed by atoms with E-state index in [1.807, 2.05) is 0 Å². The van der Waals surface area contributed by atoms with Gasteiger partial charge >= 0.3 is 0 Å². The first-order valence-corrected chi connectivity index (χ1v) is 7.36. The van der Waals surface area contributed by atoms with Crippen LogP contribution < -0.4 is 0 Å². The Balaban J connectivity index is 2.07. The van der Waals surface area contributed by atoms with Gasteiger partial charge in [-0.15, -0.1) is 0 Å². The summed E-state index contributed by atoms with van der Waals surface area (Å²) in [5.41, 5.74) is 1.45. The first-order chi connectivity index (χ1) is 6.84. The topological polar surface area (TPSA) is 0 Å². The summed E-state index contributed by atoms with van der Waals surface area (Å²) >= 11 is 5.53. The third-order valence-electron chi connectivity index (χ3n) is 2.47. The smallest absolute Gasteiger partial charge is 0.0403 e. The van der Waals surface area contributed by atoms with Crippen LogP contribution in [0.5, 0.6) is 0 Å². The molecular formula is C12H19BrS. The summed E-state index contributed by atoms with van der Waals surface area (Å²) in [4.78, 5) is 0.579. The highest BCUT2D eigenvalue weighted by Gasteiger charge is 2.06. The molecule has 0 saturated carbocycles. The minimum absolute atomic E-state index is 0.579. The standard InChI is InChI=1S/C12H19BrS/c1-2-3-4-5-6-7-12(13)11-8-9-14-10-11/h8-10,12H,2-7H2,1H3. The van der Waals surface area contributed by atoms with E-state index in [0.29, 0.717) is 4.83 Å². The van der Waals surface area contributed by atoms with Crippen LogP contribution in [0.1, 0.15) is 55.8 Å². The van der Waals surface area contributed by atoms with Crippen LogP contribution in [0.2, 0.25) is 0 Å². The molecule has 1 unspecified atom stereocenters. The van der Waals surface area contributed by atoms with Crippen LogP contribution in [-0.4, -0.2) is 0 Å². The average molecular weight is 275 g/mol. The van der Waals surface area contributed by atoms with Crippen molar-refractivity contribution in [3.63, 3.8) is 0 Å². The summed E-state index contributed by atoms with van der Waals surface area (Å²) in [5.74, 6) is 0. The van der Waals surface area contributed by atoms with Crippen molar-refractivity contribution < 1.29 is 0 Å². The molecule has 1 aromatic heterocycles. The van der Waals surface area contributed by atoms with Crippen molar-refractivity contribution in [2.45, 2.75) is 50.3 Å². The Morgan fingerprint density at radius 1 is 1.29 bits per heavy atom. The number of rotatable bonds is 7. The molecule has 1 atom stereocenters. The molecule has 0 spiro atoms. The monoisotopic (exact) mass is 274 g/mol. The minimum Gasteiger partial charge on any atom is -0.152 e. The average Bonchev–Trinajstić information content (AvgIpc) is 2.70. The van der Waals surface area contributed by atoms with Crippen molar-refractivity contribution in [1.29, 1.82) is 0 Å². The van der Waals surface area contributed by atoms with Crippen LogP contribution in [0, 0.1) is 0 Å². The van der Waals surface area contributed by atoms with Gasteiger partial charge in [0.2, 0.25) is 0 Å². The fourth-order valence-corrected chi connectivity index (χ4v) is 3.04. The van der Waals surface area contributed by atoms with Gasteiger partial charge in [-0.05, 0) is 28.8 Å². The number of hydrogen-bond acceptors (Lipinski definition) is 1. The third kappa shape index (κ3) is 4.61. The first-order valence-electron chi connectivity index (χ1n) is 5.50. The van der Waals surface area contributed by atoms with Crippen molar-refractivity contribution in [2.75, 3.05) is 0 Å². The zero-order chi connectivity index (χ0) is 10.2. The molecule has 1 aromatic rings. The van der Waals surface area contributed by atoms with Gasteiger partial charge in [0.15, 0.2) is 0 Å². The van der Waals surface area contributed by atoms with Crippen molar-refractivity contribution in [1.82, 2.24) is 0 Å². The van der Waals surface area contributed by atoms with Gasteiger partial charge in [-0.3, -0.25) is 0 Å². The van der Waals surface area contributed by atoms with E-state index in [9.17, 15) is 0 Å². The SMILES string of the molecule is CCCCCCCC(Br)c1ccsc1. The maximum atomic E-state index is 3.74. The van der Waals surface area contributed by atoms with Crippen LogP contribution in [0.25, 0.3) is 0 Å². The molecule has 0 N–H and O–H groups in total. The highest BCUT2D eigenvalue weighted by molar-refractivity contribution is 9.09. The Morgan fingerprint density at radius 2 is 2.07 bits per heavy atom. The van der Waals surface area contributed by atoms with Crippen molar-refractivity contribution in [3.8, 4) is 0 Å². The van der Waals surface area contributed by atoms with Gasteiger partial charge in [0, 0.05) is 4.83 Å². The molecule has 2 heteroatoms. The molecule has 0 amide bonds. The predicted octanol–water partition coefficient (Wildman–Crippen LogP) is 5.54. The number of alkyl halides is 1. The molecule has 0 nitrogen and oxygen atoms in total. The molecule has 0 aliphatic heterocycles. The van der Waals surface area contributed by atoms with E-state index < -0.39 is 0 Å². The maximum absolute atomic E-state index is 3.74. The van der Waals surface area contributed by atoms with E-state index in [4.69, 9.17) is 0 Å². The van der Waals surface area contributed by atoms with Crippen molar-refractivity contribution >= 4 is 27.3 Å². The molecule has 0 saturated heterocycles. The minimum atomic E-state index is 0.579. The first kappa shape index (κ1) is 12.3. The van der Waals surface area contributed by atoms with Gasteiger partial charge in [0.25, 0.3) is 0 Å². The third-order valence-corrected chi connectivity index (χ3v) is 4.15. The molecule has 0 aromatic carbocycles. The van der Waals surface area contributed by atoms with E-state index in [1.165, 1.54) is 44.1 Å². The normalized spacial score (nSPS) is 13.0.